The van der Waals surface area contributed by atoms with Gasteiger partial charge >= 0.3 is 0 Å². The summed E-state index contributed by atoms with van der Waals surface area (Å²) >= 11 is 6.06. The van der Waals surface area contributed by atoms with Crippen molar-refractivity contribution in [3.63, 3.8) is 0 Å². The van der Waals surface area contributed by atoms with Gasteiger partial charge in [-0.05, 0) is 24.1 Å². The van der Waals surface area contributed by atoms with Gasteiger partial charge in [-0.3, -0.25) is 0 Å². The third-order valence-corrected chi connectivity index (χ3v) is 3.15. The maximum Gasteiger partial charge on any atom is 0.137 e. The molecule has 1 N–H and O–H groups in total. The molecule has 2 rings (SSSR count). The summed E-state index contributed by atoms with van der Waals surface area (Å²) in [5.74, 6) is 0.581. The van der Waals surface area contributed by atoms with Crippen molar-refractivity contribution in [1.29, 1.82) is 0 Å². The summed E-state index contributed by atoms with van der Waals surface area (Å²) in [4.78, 5) is 0. The van der Waals surface area contributed by atoms with E-state index in [1.807, 2.05) is 6.92 Å². The lowest BCUT2D eigenvalue weighted by Gasteiger charge is -2.13. The number of hydrogen-bond acceptors (Lipinski definition) is 4. The molecule has 1 aromatic heterocycles. The maximum absolute atomic E-state index is 10.4. The molecule has 6 heteroatoms. The van der Waals surface area contributed by atoms with Gasteiger partial charge in [-0.15, -0.1) is 5.10 Å². The van der Waals surface area contributed by atoms with Gasteiger partial charge in [0.15, 0.2) is 0 Å². The molecule has 19 heavy (non-hydrogen) atoms. The molecule has 0 fully saturated rings. The Labute approximate surface area is 116 Å². The van der Waals surface area contributed by atoms with E-state index >= 15 is 0 Å². The van der Waals surface area contributed by atoms with Crippen LogP contribution in [0.3, 0.4) is 0 Å². The molecule has 0 spiro atoms. The first-order chi connectivity index (χ1) is 9.17. The van der Waals surface area contributed by atoms with Crippen molar-refractivity contribution in [3.05, 3.63) is 40.7 Å². The van der Waals surface area contributed by atoms with Crippen molar-refractivity contribution in [1.82, 2.24) is 15.0 Å². The molecule has 0 saturated heterocycles. The van der Waals surface area contributed by atoms with E-state index in [-0.39, 0.29) is 0 Å². The van der Waals surface area contributed by atoms with Gasteiger partial charge in [0.2, 0.25) is 0 Å². The molecule has 0 aliphatic rings. The first kappa shape index (κ1) is 13.8. The van der Waals surface area contributed by atoms with Crippen LogP contribution in [0.5, 0.6) is 5.75 Å². The number of halogens is 1. The standard InChI is InChI=1S/C13H16ClN3O2/c1-3-6-17-11(8-15-16-17)13(18)9-4-5-12(19-2)10(14)7-9/h4-5,7-8,13,18H,3,6H2,1-2H3. The van der Waals surface area contributed by atoms with Crippen LogP contribution in [0.1, 0.15) is 30.7 Å². The zero-order valence-electron chi connectivity index (χ0n) is 10.9. The minimum atomic E-state index is -0.801. The SMILES string of the molecule is CCCn1nncc1C(O)c1ccc(OC)c(Cl)c1. The Balaban J connectivity index is 2.30. The second-order valence-electron chi connectivity index (χ2n) is 4.18. The molecule has 0 bridgehead atoms. The number of aryl methyl sites for hydroxylation is 1. The minimum absolute atomic E-state index is 0.466. The second-order valence-corrected chi connectivity index (χ2v) is 4.59. The van der Waals surface area contributed by atoms with Gasteiger partial charge in [-0.1, -0.05) is 29.8 Å². The van der Waals surface area contributed by atoms with Gasteiger partial charge in [-0.2, -0.15) is 0 Å². The van der Waals surface area contributed by atoms with Crippen molar-refractivity contribution in [2.24, 2.45) is 0 Å². The number of rotatable bonds is 5. The van der Waals surface area contributed by atoms with Crippen LogP contribution in [-0.4, -0.2) is 27.2 Å². The number of aromatic nitrogens is 3. The molecular weight excluding hydrogens is 266 g/mol. The van der Waals surface area contributed by atoms with Crippen molar-refractivity contribution >= 4 is 11.6 Å². The van der Waals surface area contributed by atoms with Crippen molar-refractivity contribution in [2.75, 3.05) is 7.11 Å². The topological polar surface area (TPSA) is 60.2 Å². The fourth-order valence-electron chi connectivity index (χ4n) is 1.89. The van der Waals surface area contributed by atoms with Gasteiger partial charge in [0, 0.05) is 6.54 Å². The summed E-state index contributed by atoms with van der Waals surface area (Å²) in [6.07, 6.45) is 1.69. The predicted molar refractivity (Wildman–Crippen MR) is 72.4 cm³/mol. The first-order valence-electron chi connectivity index (χ1n) is 6.07. The number of methoxy groups -OCH3 is 1. The third-order valence-electron chi connectivity index (χ3n) is 2.85. The van der Waals surface area contributed by atoms with Crippen LogP contribution < -0.4 is 4.74 Å². The summed E-state index contributed by atoms with van der Waals surface area (Å²) in [5.41, 5.74) is 1.34. The number of nitrogens with zero attached hydrogens (tertiary/aromatic N) is 3. The molecule has 0 saturated carbocycles. The highest BCUT2D eigenvalue weighted by Gasteiger charge is 2.17. The number of aliphatic hydroxyl groups excluding tert-OH is 1. The van der Waals surface area contributed by atoms with Gasteiger partial charge in [0.1, 0.15) is 11.9 Å². The lowest BCUT2D eigenvalue weighted by Crippen LogP contribution is -2.10. The van der Waals surface area contributed by atoms with Crippen LogP contribution in [0.4, 0.5) is 0 Å². The summed E-state index contributed by atoms with van der Waals surface area (Å²) in [6.45, 7) is 2.76. The Hall–Kier alpha value is -1.59. The van der Waals surface area contributed by atoms with E-state index in [1.165, 1.54) is 0 Å². The second kappa shape index (κ2) is 6.04. The normalized spacial score (nSPS) is 12.4. The van der Waals surface area contributed by atoms with Crippen LogP contribution in [0, 0.1) is 0 Å². The molecule has 0 aliphatic carbocycles. The highest BCUT2D eigenvalue weighted by Crippen LogP contribution is 2.29. The van der Waals surface area contributed by atoms with Crippen LogP contribution in [0.2, 0.25) is 5.02 Å². The van der Waals surface area contributed by atoms with Crippen LogP contribution in [-0.2, 0) is 6.54 Å². The number of hydrogen-bond donors (Lipinski definition) is 1. The van der Waals surface area contributed by atoms with Gasteiger partial charge in [0.25, 0.3) is 0 Å². The zero-order chi connectivity index (χ0) is 13.8. The molecule has 0 aliphatic heterocycles. The summed E-state index contributed by atoms with van der Waals surface area (Å²) in [7, 11) is 1.55. The highest BCUT2D eigenvalue weighted by molar-refractivity contribution is 6.32. The highest BCUT2D eigenvalue weighted by atomic mass is 35.5. The molecular formula is C13H16ClN3O2. The molecule has 0 radical (unpaired) electrons. The van der Waals surface area contributed by atoms with E-state index < -0.39 is 6.10 Å². The van der Waals surface area contributed by atoms with Gasteiger partial charge in [-0.25, -0.2) is 4.68 Å². The van der Waals surface area contributed by atoms with Crippen LogP contribution in [0.25, 0.3) is 0 Å². The molecule has 102 valence electrons. The lowest BCUT2D eigenvalue weighted by atomic mass is 10.1. The molecule has 0 amide bonds. The van der Waals surface area contributed by atoms with Crippen LogP contribution in [0.15, 0.2) is 24.4 Å². The quantitative estimate of drug-likeness (QED) is 0.914. The lowest BCUT2D eigenvalue weighted by molar-refractivity contribution is 0.207. The van der Waals surface area contributed by atoms with E-state index in [9.17, 15) is 5.11 Å². The molecule has 2 aromatic rings. The number of aliphatic hydroxyl groups is 1. The van der Waals surface area contributed by atoms with E-state index in [1.54, 1.807) is 36.2 Å². The largest absolute Gasteiger partial charge is 0.495 e. The molecule has 1 heterocycles. The zero-order valence-corrected chi connectivity index (χ0v) is 11.6. The average molecular weight is 282 g/mol. The smallest absolute Gasteiger partial charge is 0.137 e. The third kappa shape index (κ3) is 2.88. The van der Waals surface area contributed by atoms with E-state index in [0.29, 0.717) is 22.0 Å². The Morgan fingerprint density at radius 2 is 2.26 bits per heavy atom. The molecule has 1 unspecified atom stereocenters. The molecule has 1 atom stereocenters. The Bertz CT molecular complexity index is 557. The molecule has 5 nitrogen and oxygen atoms in total. The van der Waals surface area contributed by atoms with E-state index in [4.69, 9.17) is 16.3 Å². The predicted octanol–water partition coefficient (Wildman–Crippen LogP) is 2.43. The molecule has 1 aromatic carbocycles. The summed E-state index contributed by atoms with van der Waals surface area (Å²) in [5, 5.41) is 18.6. The van der Waals surface area contributed by atoms with Crippen molar-refractivity contribution < 1.29 is 9.84 Å². The monoisotopic (exact) mass is 281 g/mol. The van der Waals surface area contributed by atoms with Crippen LogP contribution >= 0.6 is 11.6 Å². The number of benzene rings is 1. The first-order valence-corrected chi connectivity index (χ1v) is 6.45. The Morgan fingerprint density at radius 3 is 2.89 bits per heavy atom. The maximum atomic E-state index is 10.4. The fraction of sp³-hybridized carbons (Fsp3) is 0.385. The summed E-state index contributed by atoms with van der Waals surface area (Å²) in [6, 6.07) is 5.20. The van der Waals surface area contributed by atoms with E-state index in [0.717, 1.165) is 13.0 Å². The number of ether oxygens (including phenoxy) is 1. The summed E-state index contributed by atoms with van der Waals surface area (Å²) < 4.78 is 6.79. The van der Waals surface area contributed by atoms with Crippen molar-refractivity contribution in [2.45, 2.75) is 26.0 Å². The van der Waals surface area contributed by atoms with Crippen molar-refractivity contribution in [3.8, 4) is 5.75 Å². The Morgan fingerprint density at radius 1 is 1.47 bits per heavy atom. The minimum Gasteiger partial charge on any atom is -0.495 e. The fourth-order valence-corrected chi connectivity index (χ4v) is 2.15. The van der Waals surface area contributed by atoms with E-state index in [2.05, 4.69) is 10.3 Å². The van der Waals surface area contributed by atoms with Gasteiger partial charge < -0.3 is 9.84 Å². The Kier molecular flexibility index (Phi) is 4.39. The average Bonchev–Trinajstić information content (AvgIpc) is 2.86. The van der Waals surface area contributed by atoms with Gasteiger partial charge in [0.05, 0.1) is 24.0 Å².